The Morgan fingerprint density at radius 1 is 0.500 bits per heavy atom. The number of hydrogen-bond donors (Lipinski definition) is 1. The number of fused-ring (bicyclic) bond motifs is 5. The number of nitrogens with one attached hydrogen (secondary N) is 1. The maximum absolute atomic E-state index is 4.96. The Labute approximate surface area is 339 Å². The fourth-order valence-corrected chi connectivity index (χ4v) is 8.51. The lowest BCUT2D eigenvalue weighted by molar-refractivity contribution is -0.617. The summed E-state index contributed by atoms with van der Waals surface area (Å²) in [6.45, 7) is 2.29. The van der Waals surface area contributed by atoms with Crippen LogP contribution in [0.25, 0.3) is 43.6 Å². The Morgan fingerprint density at radius 2 is 0.897 bits per heavy atom. The van der Waals surface area contributed by atoms with E-state index in [1.54, 1.807) is 0 Å². The summed E-state index contributed by atoms with van der Waals surface area (Å²) in [6, 6.07) is 63.5. The molecule has 2 unspecified atom stereocenters. The van der Waals surface area contributed by atoms with Crippen molar-refractivity contribution in [1.29, 1.82) is 0 Å². The van der Waals surface area contributed by atoms with Gasteiger partial charge in [0.2, 0.25) is 22.1 Å². The number of aromatic nitrogens is 2. The van der Waals surface area contributed by atoms with E-state index in [2.05, 4.69) is 181 Å². The molecule has 1 aliphatic rings. The summed E-state index contributed by atoms with van der Waals surface area (Å²) in [5.74, 6) is 0.539. The first-order valence-electron chi connectivity index (χ1n) is 20.0. The largest absolute Gasteiger partial charge is 0.302 e. The Balaban J connectivity index is 0.000000151. The second kappa shape index (κ2) is 16.1. The molecule has 0 fully saturated rings. The molecule has 7 aromatic carbocycles. The molecule has 2 atom stereocenters. The number of para-hydroxylation sites is 6. The molecule has 10 rings (SSSR count). The minimum Gasteiger partial charge on any atom is -0.302 e. The van der Waals surface area contributed by atoms with Crippen LogP contribution in [-0.4, -0.2) is 12.4 Å². The zero-order valence-electron chi connectivity index (χ0n) is 33.1. The lowest BCUT2D eigenvalue weighted by Gasteiger charge is -2.19. The number of nitrogens with zero attached hydrogens (tertiary/aromatic N) is 5. The number of rotatable bonds is 7. The maximum atomic E-state index is 4.96. The van der Waals surface area contributed by atoms with Crippen molar-refractivity contribution in [3.8, 4) is 0 Å². The van der Waals surface area contributed by atoms with E-state index in [9.17, 15) is 0 Å². The summed E-state index contributed by atoms with van der Waals surface area (Å²) in [7, 11) is 4.24. The van der Waals surface area contributed by atoms with Crippen molar-refractivity contribution in [2.24, 2.45) is 30.2 Å². The van der Waals surface area contributed by atoms with E-state index in [-0.39, 0.29) is 6.04 Å². The third-order valence-corrected chi connectivity index (χ3v) is 11.4. The van der Waals surface area contributed by atoms with E-state index < -0.39 is 0 Å². The van der Waals surface area contributed by atoms with Gasteiger partial charge in [0.15, 0.2) is 0 Å². The summed E-state index contributed by atoms with van der Waals surface area (Å²) >= 11 is 0. The fourth-order valence-electron chi connectivity index (χ4n) is 8.51. The van der Waals surface area contributed by atoms with Crippen molar-refractivity contribution in [3.05, 3.63) is 204 Å². The standard InChI is InChI=1S/C27H22N3.C25H23N3/c1-29-26-18-10-8-16-23(26)25(24-17-9-11-19-27(24)29)20-28-30(21-12-4-2-5-13-21)22-14-6-3-7-15-22;1-17-15-18-9-3-4-10-19(18)25(17)27-26-16-22-20-11-5-7-13-23(20)28(2)24-14-8-6-12-21(22)24/h2-20H,1H3;3-14,16-17,25H,15H2,1-2H3/q+1;/p+1. The van der Waals surface area contributed by atoms with Crippen molar-refractivity contribution < 1.29 is 9.13 Å². The molecule has 0 amide bonds. The molecule has 2 heterocycles. The molecule has 6 heteroatoms. The van der Waals surface area contributed by atoms with Crippen molar-refractivity contribution in [2.45, 2.75) is 19.4 Å². The lowest BCUT2D eigenvalue weighted by atomic mass is 10.0. The van der Waals surface area contributed by atoms with Gasteiger partial charge in [0.25, 0.3) is 0 Å². The van der Waals surface area contributed by atoms with Gasteiger partial charge >= 0.3 is 0 Å². The summed E-state index contributed by atoms with van der Waals surface area (Å²) in [5, 5.41) is 16.5. The molecule has 6 nitrogen and oxygen atoms in total. The molecule has 0 spiro atoms. The van der Waals surface area contributed by atoms with Gasteiger partial charge < -0.3 is 5.43 Å². The third-order valence-electron chi connectivity index (χ3n) is 11.4. The molecule has 0 aliphatic heterocycles. The van der Waals surface area contributed by atoms with Gasteiger partial charge in [-0.25, -0.2) is 5.01 Å². The van der Waals surface area contributed by atoms with Crippen LogP contribution in [0, 0.1) is 5.92 Å². The van der Waals surface area contributed by atoms with E-state index in [0.29, 0.717) is 5.92 Å². The average molecular weight is 755 g/mol. The molecule has 0 saturated heterocycles. The monoisotopic (exact) mass is 754 g/mol. The Kier molecular flexibility index (Phi) is 10.1. The molecule has 1 aliphatic carbocycles. The van der Waals surface area contributed by atoms with E-state index in [0.717, 1.165) is 28.9 Å². The molecule has 282 valence electrons. The van der Waals surface area contributed by atoms with Gasteiger partial charge in [-0.3, -0.25) is 0 Å². The van der Waals surface area contributed by atoms with Crippen LogP contribution in [0.5, 0.6) is 0 Å². The molecule has 0 saturated carbocycles. The molecule has 2 aromatic heterocycles. The van der Waals surface area contributed by atoms with Gasteiger partial charge in [0.05, 0.1) is 51.4 Å². The van der Waals surface area contributed by atoms with Crippen LogP contribution in [0.2, 0.25) is 0 Å². The molecular formula is C52H46N6+2. The van der Waals surface area contributed by atoms with Crippen molar-refractivity contribution in [3.63, 3.8) is 0 Å². The molecule has 1 N–H and O–H groups in total. The smallest absolute Gasteiger partial charge is 0.213 e. The average Bonchev–Trinajstić information content (AvgIpc) is 3.61. The topological polar surface area (TPSA) is 47.8 Å². The Bertz CT molecular complexity index is 2800. The number of pyridine rings is 2. The Hall–Kier alpha value is -7.18. The maximum Gasteiger partial charge on any atom is 0.213 e. The van der Waals surface area contributed by atoms with Crippen LogP contribution < -0.4 is 19.6 Å². The second-order valence-electron chi connectivity index (χ2n) is 15.0. The number of hydrogen-bond acceptors (Lipinski definition) is 4. The highest BCUT2D eigenvalue weighted by molar-refractivity contribution is 6.10. The number of hydrazone groups is 2. The first-order chi connectivity index (χ1) is 28.6. The highest BCUT2D eigenvalue weighted by Gasteiger charge is 2.28. The highest BCUT2D eigenvalue weighted by Crippen LogP contribution is 2.36. The van der Waals surface area contributed by atoms with Crippen molar-refractivity contribution in [1.82, 2.24) is 5.43 Å². The van der Waals surface area contributed by atoms with Crippen molar-refractivity contribution in [2.75, 3.05) is 5.01 Å². The summed E-state index contributed by atoms with van der Waals surface area (Å²) < 4.78 is 4.50. The molecule has 58 heavy (non-hydrogen) atoms. The quantitative estimate of drug-likeness (QED) is 0.0762. The van der Waals surface area contributed by atoms with Gasteiger partial charge in [-0.15, -0.1) is 0 Å². The SMILES string of the molecule is CC1Cc2ccccc2C1NN=Cc1c2ccccc2[n+](C)c2ccccc12.C[n+]1c2ccccc2c(C=NN(c2ccccc2)c2ccccc2)c2ccccc21. The number of aryl methyl sites for hydroxylation is 2. The van der Waals surface area contributed by atoms with E-state index in [1.807, 2.05) is 53.8 Å². The van der Waals surface area contributed by atoms with Gasteiger partial charge in [-0.1, -0.05) is 116 Å². The van der Waals surface area contributed by atoms with Crippen LogP contribution in [0.3, 0.4) is 0 Å². The second-order valence-corrected chi connectivity index (χ2v) is 15.0. The third kappa shape index (κ3) is 6.94. The zero-order chi connectivity index (χ0) is 39.4. The van der Waals surface area contributed by atoms with E-state index in [1.165, 1.54) is 54.7 Å². The normalized spacial score (nSPS) is 14.9. The number of anilines is 2. The van der Waals surface area contributed by atoms with Crippen LogP contribution in [0.1, 0.15) is 35.2 Å². The van der Waals surface area contributed by atoms with Crippen LogP contribution in [-0.2, 0) is 20.5 Å². The minimum absolute atomic E-state index is 0.268. The lowest BCUT2D eigenvalue weighted by Crippen LogP contribution is -2.30. The predicted octanol–water partition coefficient (Wildman–Crippen LogP) is 10.7. The van der Waals surface area contributed by atoms with Crippen molar-refractivity contribution >= 4 is 67.4 Å². The van der Waals surface area contributed by atoms with Gasteiger partial charge in [0.1, 0.15) is 14.1 Å². The highest BCUT2D eigenvalue weighted by atomic mass is 15.5. The van der Waals surface area contributed by atoms with Gasteiger partial charge in [0, 0.05) is 35.4 Å². The zero-order valence-corrected chi connectivity index (χ0v) is 33.1. The molecular weight excluding hydrogens is 709 g/mol. The number of benzene rings is 7. The summed E-state index contributed by atoms with van der Waals surface area (Å²) in [6.07, 6.45) is 5.10. The van der Waals surface area contributed by atoms with E-state index >= 15 is 0 Å². The first-order valence-corrected chi connectivity index (χ1v) is 20.0. The molecule has 0 radical (unpaired) electrons. The van der Waals surface area contributed by atoms with Crippen LogP contribution >= 0.6 is 0 Å². The van der Waals surface area contributed by atoms with E-state index in [4.69, 9.17) is 10.2 Å². The Morgan fingerprint density at radius 3 is 1.38 bits per heavy atom. The van der Waals surface area contributed by atoms with Gasteiger partial charge in [-0.2, -0.15) is 19.3 Å². The fraction of sp³-hybridized carbons (Fsp3) is 0.115. The first kappa shape index (κ1) is 36.5. The predicted molar refractivity (Wildman–Crippen MR) is 241 cm³/mol. The summed E-state index contributed by atoms with van der Waals surface area (Å²) in [5.41, 5.74) is 15.4. The minimum atomic E-state index is 0.268. The molecule has 0 bridgehead atoms. The van der Waals surface area contributed by atoms with Gasteiger partial charge in [-0.05, 0) is 72.0 Å². The van der Waals surface area contributed by atoms with Crippen LogP contribution in [0.15, 0.2) is 192 Å². The summed E-state index contributed by atoms with van der Waals surface area (Å²) in [4.78, 5) is 0. The molecule has 9 aromatic rings. The van der Waals surface area contributed by atoms with Crippen LogP contribution in [0.4, 0.5) is 11.4 Å².